The van der Waals surface area contributed by atoms with E-state index in [0.717, 1.165) is 16.8 Å². The van der Waals surface area contributed by atoms with Gasteiger partial charge >= 0.3 is 0 Å². The lowest BCUT2D eigenvalue weighted by Crippen LogP contribution is -2.36. The maximum absolute atomic E-state index is 11.1. The first-order chi connectivity index (χ1) is 5.38. The van der Waals surface area contributed by atoms with Gasteiger partial charge in [0.05, 0.1) is 21.1 Å². The molecule has 3 nitrogen and oxygen atoms in total. The van der Waals surface area contributed by atoms with Gasteiger partial charge in [0.1, 0.15) is 6.54 Å². The van der Waals surface area contributed by atoms with Gasteiger partial charge < -0.3 is 9.22 Å². The van der Waals surface area contributed by atoms with E-state index in [0.29, 0.717) is 0 Å². The molecule has 0 saturated carbocycles. The molecule has 68 valence electrons. The van der Waals surface area contributed by atoms with Crippen LogP contribution in [0.25, 0.3) is 0 Å². The van der Waals surface area contributed by atoms with Gasteiger partial charge in [0, 0.05) is 6.08 Å². The van der Waals surface area contributed by atoms with Crippen LogP contribution in [0.3, 0.4) is 0 Å². The molecule has 12 heavy (non-hydrogen) atoms. The highest BCUT2D eigenvalue weighted by molar-refractivity contribution is 5.95. The zero-order chi connectivity index (χ0) is 9.35. The number of nitrogens with zero attached hydrogens (tertiary/aromatic N) is 1. The fraction of sp³-hybridized carbons (Fsp3) is 0.667. The van der Waals surface area contributed by atoms with Crippen LogP contribution in [0.2, 0.25) is 0 Å². The highest BCUT2D eigenvalue weighted by Gasteiger charge is 2.25. The van der Waals surface area contributed by atoms with Gasteiger partial charge in [-0.15, -0.1) is 0 Å². The highest BCUT2D eigenvalue weighted by Crippen LogP contribution is 2.15. The molecule has 0 bridgehead atoms. The largest absolute Gasteiger partial charge is 0.481 e. The summed E-state index contributed by atoms with van der Waals surface area (Å²) in [6.07, 6.45) is 1.33. The molecule has 0 saturated heterocycles. The molecule has 0 spiro atoms. The minimum Gasteiger partial charge on any atom is -0.481 e. The van der Waals surface area contributed by atoms with Gasteiger partial charge in [-0.1, -0.05) is 0 Å². The molecule has 1 rings (SSSR count). The SMILES string of the molecule is C[C@@H]1OC(C[N+](C)(C)C)=CC1=O. The standard InChI is InChI=1S/C9H16NO2/c1-7-9(11)5-8(12-7)6-10(2,3)4/h5,7H,6H2,1-4H3/q+1/t7-/m0/s1. The van der Waals surface area contributed by atoms with E-state index in [-0.39, 0.29) is 11.9 Å². The smallest absolute Gasteiger partial charge is 0.199 e. The van der Waals surface area contributed by atoms with Gasteiger partial charge in [-0.05, 0) is 6.92 Å². The number of ether oxygens (including phenoxy) is 1. The van der Waals surface area contributed by atoms with Crippen LogP contribution < -0.4 is 0 Å². The number of carbonyl (C=O) groups excluding carboxylic acids is 1. The van der Waals surface area contributed by atoms with E-state index >= 15 is 0 Å². The molecular weight excluding hydrogens is 154 g/mol. The summed E-state index contributed by atoms with van der Waals surface area (Å²) in [6.45, 7) is 2.55. The molecule has 0 amide bonds. The van der Waals surface area contributed by atoms with Crippen LogP contribution >= 0.6 is 0 Å². The number of ketones is 1. The second kappa shape index (κ2) is 2.90. The minimum absolute atomic E-state index is 0.0819. The van der Waals surface area contributed by atoms with E-state index in [1.54, 1.807) is 13.0 Å². The number of carbonyl (C=O) groups is 1. The van der Waals surface area contributed by atoms with Crippen molar-refractivity contribution in [2.45, 2.75) is 13.0 Å². The molecular formula is C9H16NO2+. The minimum atomic E-state index is -0.272. The number of quaternary nitrogens is 1. The predicted molar refractivity (Wildman–Crippen MR) is 46.5 cm³/mol. The number of likely N-dealkylation sites (N-methyl/N-ethyl adjacent to an activating group) is 1. The van der Waals surface area contributed by atoms with E-state index in [2.05, 4.69) is 21.1 Å². The quantitative estimate of drug-likeness (QED) is 0.566. The first-order valence-corrected chi connectivity index (χ1v) is 4.10. The van der Waals surface area contributed by atoms with Crippen LogP contribution in [0.5, 0.6) is 0 Å². The van der Waals surface area contributed by atoms with E-state index in [4.69, 9.17) is 4.74 Å². The molecule has 0 aromatic rings. The zero-order valence-electron chi connectivity index (χ0n) is 8.13. The maximum Gasteiger partial charge on any atom is 0.199 e. The first-order valence-electron chi connectivity index (χ1n) is 4.10. The van der Waals surface area contributed by atoms with Crippen LogP contribution in [-0.4, -0.2) is 44.1 Å². The average molecular weight is 170 g/mol. The topological polar surface area (TPSA) is 26.3 Å². The monoisotopic (exact) mass is 170 g/mol. The lowest BCUT2D eigenvalue weighted by molar-refractivity contribution is -0.866. The van der Waals surface area contributed by atoms with Crippen molar-refractivity contribution >= 4 is 5.78 Å². The van der Waals surface area contributed by atoms with Crippen molar-refractivity contribution in [3.8, 4) is 0 Å². The van der Waals surface area contributed by atoms with Gasteiger partial charge in [0.15, 0.2) is 17.6 Å². The van der Waals surface area contributed by atoms with Crippen molar-refractivity contribution in [1.82, 2.24) is 0 Å². The molecule has 0 radical (unpaired) electrons. The van der Waals surface area contributed by atoms with Crippen molar-refractivity contribution in [2.75, 3.05) is 27.7 Å². The Labute approximate surface area is 73.2 Å². The second-order valence-electron chi connectivity index (χ2n) is 4.22. The Morgan fingerprint density at radius 1 is 1.50 bits per heavy atom. The number of hydrogen-bond acceptors (Lipinski definition) is 2. The third kappa shape index (κ3) is 2.34. The third-order valence-corrected chi connectivity index (χ3v) is 1.66. The zero-order valence-corrected chi connectivity index (χ0v) is 8.13. The third-order valence-electron chi connectivity index (χ3n) is 1.66. The summed E-state index contributed by atoms with van der Waals surface area (Å²) in [6, 6.07) is 0. The molecule has 1 heterocycles. The van der Waals surface area contributed by atoms with Gasteiger partial charge in [0.25, 0.3) is 0 Å². The summed E-state index contributed by atoms with van der Waals surface area (Å²) in [5.74, 6) is 0.887. The van der Waals surface area contributed by atoms with Crippen LogP contribution in [0.15, 0.2) is 11.8 Å². The van der Waals surface area contributed by atoms with Crippen molar-refractivity contribution in [3.63, 3.8) is 0 Å². The van der Waals surface area contributed by atoms with Gasteiger partial charge in [-0.3, -0.25) is 4.79 Å². The van der Waals surface area contributed by atoms with Crippen LogP contribution in [-0.2, 0) is 9.53 Å². The van der Waals surface area contributed by atoms with Gasteiger partial charge in [-0.2, -0.15) is 0 Å². The fourth-order valence-corrected chi connectivity index (χ4v) is 1.15. The number of rotatable bonds is 2. The summed E-state index contributed by atoms with van der Waals surface area (Å²) in [5, 5.41) is 0. The van der Waals surface area contributed by atoms with Crippen molar-refractivity contribution in [1.29, 1.82) is 0 Å². The van der Waals surface area contributed by atoms with E-state index < -0.39 is 0 Å². The average Bonchev–Trinajstić information content (AvgIpc) is 2.07. The molecule has 0 aromatic carbocycles. The molecule has 1 aliphatic rings. The van der Waals surface area contributed by atoms with E-state index in [1.807, 2.05) is 0 Å². The van der Waals surface area contributed by atoms with Crippen molar-refractivity contribution in [3.05, 3.63) is 11.8 Å². The number of hydrogen-bond donors (Lipinski definition) is 0. The summed E-state index contributed by atoms with van der Waals surface area (Å²) in [4.78, 5) is 11.1. The summed E-state index contributed by atoms with van der Waals surface area (Å²) in [5.41, 5.74) is 0. The maximum atomic E-state index is 11.1. The van der Waals surface area contributed by atoms with E-state index in [9.17, 15) is 4.79 Å². The van der Waals surface area contributed by atoms with Crippen molar-refractivity contribution < 1.29 is 14.0 Å². The lowest BCUT2D eigenvalue weighted by atomic mass is 10.3. The molecule has 0 unspecified atom stereocenters. The summed E-state index contributed by atoms with van der Waals surface area (Å²) in [7, 11) is 6.20. The molecule has 0 N–H and O–H groups in total. The lowest BCUT2D eigenvalue weighted by Gasteiger charge is -2.24. The van der Waals surface area contributed by atoms with Gasteiger partial charge in [0.2, 0.25) is 0 Å². The summed E-state index contributed by atoms with van der Waals surface area (Å²) < 4.78 is 6.13. The molecule has 1 aliphatic heterocycles. The molecule has 0 aromatic heterocycles. The van der Waals surface area contributed by atoms with Crippen LogP contribution in [0.1, 0.15) is 6.92 Å². The Balaban J connectivity index is 2.57. The summed E-state index contributed by atoms with van der Waals surface area (Å²) >= 11 is 0. The van der Waals surface area contributed by atoms with E-state index in [1.165, 1.54) is 0 Å². The molecule has 3 heteroatoms. The Kier molecular flexibility index (Phi) is 2.24. The molecule has 0 fully saturated rings. The Hall–Kier alpha value is -0.830. The predicted octanol–water partition coefficient (Wildman–Crippen LogP) is 0.564. The Bertz CT molecular complexity index is 225. The first kappa shape index (κ1) is 9.26. The normalized spacial score (nSPS) is 23.8. The van der Waals surface area contributed by atoms with Gasteiger partial charge in [-0.25, -0.2) is 0 Å². The van der Waals surface area contributed by atoms with Crippen molar-refractivity contribution in [2.24, 2.45) is 0 Å². The van der Waals surface area contributed by atoms with Crippen LogP contribution in [0, 0.1) is 0 Å². The molecule has 1 atom stereocenters. The second-order valence-corrected chi connectivity index (χ2v) is 4.22. The Morgan fingerprint density at radius 2 is 2.08 bits per heavy atom. The Morgan fingerprint density at radius 3 is 2.42 bits per heavy atom. The fourth-order valence-electron chi connectivity index (χ4n) is 1.15. The van der Waals surface area contributed by atoms with Crippen LogP contribution in [0.4, 0.5) is 0 Å². The molecule has 0 aliphatic carbocycles. The highest BCUT2D eigenvalue weighted by atomic mass is 16.5.